The number of carbonyl (C=O) groups is 2. The van der Waals surface area contributed by atoms with Crippen molar-refractivity contribution in [2.75, 3.05) is 29.6 Å². The van der Waals surface area contributed by atoms with Crippen LogP contribution in [-0.4, -0.2) is 35.8 Å². The fourth-order valence-corrected chi connectivity index (χ4v) is 5.02. The summed E-state index contributed by atoms with van der Waals surface area (Å²) < 4.78 is 11.0. The second kappa shape index (κ2) is 14.0. The molecule has 9 heteroatoms. The first kappa shape index (κ1) is 29.2. The lowest BCUT2D eigenvalue weighted by molar-refractivity contribution is -0.113. The lowest BCUT2D eigenvalue weighted by Gasteiger charge is -2.17. The van der Waals surface area contributed by atoms with Gasteiger partial charge in [-0.05, 0) is 74.9 Å². The normalized spacial score (nSPS) is 10.4. The Kier molecular flexibility index (Phi) is 9.97. The van der Waals surface area contributed by atoms with Gasteiger partial charge < -0.3 is 20.1 Å². The minimum Gasteiger partial charge on any atom is -0.494 e. The number of thioether (sulfide) groups is 1. The van der Waals surface area contributed by atoms with Crippen LogP contribution in [-0.2, 0) is 4.79 Å². The zero-order valence-electron chi connectivity index (χ0n) is 23.1. The Labute approximate surface area is 243 Å². The van der Waals surface area contributed by atoms with Gasteiger partial charge in [0.25, 0.3) is 5.91 Å². The number of aromatic nitrogens is 1. The van der Waals surface area contributed by atoms with Crippen molar-refractivity contribution in [3.05, 3.63) is 95.7 Å². The summed E-state index contributed by atoms with van der Waals surface area (Å²) in [7, 11) is 0. The summed E-state index contributed by atoms with van der Waals surface area (Å²) >= 11 is 1.14. The van der Waals surface area contributed by atoms with E-state index in [0.717, 1.165) is 17.5 Å². The van der Waals surface area contributed by atoms with E-state index in [9.17, 15) is 14.9 Å². The number of anilines is 2. The predicted molar refractivity (Wildman–Crippen MR) is 162 cm³/mol. The van der Waals surface area contributed by atoms with Gasteiger partial charge in [0.1, 0.15) is 22.6 Å². The molecule has 0 atom stereocenters. The molecule has 0 saturated heterocycles. The van der Waals surface area contributed by atoms with Gasteiger partial charge >= 0.3 is 0 Å². The van der Waals surface area contributed by atoms with Crippen molar-refractivity contribution < 1.29 is 19.1 Å². The molecule has 1 heterocycles. The van der Waals surface area contributed by atoms with Gasteiger partial charge in [0, 0.05) is 16.9 Å². The molecule has 0 radical (unpaired) electrons. The number of nitrogens with one attached hydrogen (secondary N) is 2. The third-order valence-corrected chi connectivity index (χ3v) is 6.93. The maximum absolute atomic E-state index is 13.5. The summed E-state index contributed by atoms with van der Waals surface area (Å²) in [5.41, 5.74) is 3.31. The van der Waals surface area contributed by atoms with Crippen LogP contribution in [0.2, 0.25) is 0 Å². The summed E-state index contributed by atoms with van der Waals surface area (Å²) in [6, 6.07) is 25.6. The number of nitrogens with zero attached hydrogens (tertiary/aromatic N) is 2. The van der Waals surface area contributed by atoms with Gasteiger partial charge in [0.15, 0.2) is 0 Å². The highest BCUT2D eigenvalue weighted by atomic mass is 32.2. The molecule has 0 unspecified atom stereocenters. The van der Waals surface area contributed by atoms with Gasteiger partial charge in [-0.2, -0.15) is 5.26 Å². The topological polar surface area (TPSA) is 113 Å². The first-order valence-electron chi connectivity index (χ1n) is 13.1. The number of carbonyl (C=O) groups excluding carboxylic acids is 2. The lowest BCUT2D eigenvalue weighted by atomic mass is 9.94. The highest BCUT2D eigenvalue weighted by Gasteiger charge is 2.25. The van der Waals surface area contributed by atoms with Crippen LogP contribution < -0.4 is 20.1 Å². The highest BCUT2D eigenvalue weighted by Crippen LogP contribution is 2.36. The SMILES string of the molecule is CCOc1ccc(NC(=O)CSc2nc(C)c(C(=O)Nc3ccccc3)c(-c3ccc(OCC)cc3)c2C#N)cc1. The van der Waals surface area contributed by atoms with Crippen LogP contribution in [0.5, 0.6) is 11.5 Å². The zero-order chi connectivity index (χ0) is 29.2. The van der Waals surface area contributed by atoms with Crippen molar-refractivity contribution in [3.63, 3.8) is 0 Å². The highest BCUT2D eigenvalue weighted by molar-refractivity contribution is 8.00. The molecule has 2 N–H and O–H groups in total. The lowest BCUT2D eigenvalue weighted by Crippen LogP contribution is -2.18. The van der Waals surface area contributed by atoms with E-state index in [1.54, 1.807) is 55.5 Å². The molecule has 0 aliphatic carbocycles. The molecule has 3 aromatic carbocycles. The number of aryl methyl sites for hydroxylation is 1. The minimum atomic E-state index is -0.383. The third kappa shape index (κ3) is 7.44. The molecule has 208 valence electrons. The van der Waals surface area contributed by atoms with E-state index in [2.05, 4.69) is 21.7 Å². The van der Waals surface area contributed by atoms with Gasteiger partial charge in [-0.3, -0.25) is 9.59 Å². The minimum absolute atomic E-state index is 0.0204. The molecule has 0 bridgehead atoms. The summed E-state index contributed by atoms with van der Waals surface area (Å²) in [5, 5.41) is 16.4. The number of pyridine rings is 1. The van der Waals surface area contributed by atoms with Crippen LogP contribution >= 0.6 is 11.8 Å². The average Bonchev–Trinajstić information content (AvgIpc) is 2.98. The van der Waals surface area contributed by atoms with E-state index in [1.165, 1.54) is 0 Å². The van der Waals surface area contributed by atoms with Crippen LogP contribution in [0.4, 0.5) is 11.4 Å². The Balaban J connectivity index is 1.66. The fraction of sp³-hybridized carbons (Fsp3) is 0.188. The second-order valence-electron chi connectivity index (χ2n) is 8.81. The molecule has 0 fully saturated rings. The summed E-state index contributed by atoms with van der Waals surface area (Å²) in [6.45, 7) is 6.60. The molecule has 8 nitrogen and oxygen atoms in total. The number of amides is 2. The molecular formula is C32H30N4O4S. The molecule has 0 spiro atoms. The van der Waals surface area contributed by atoms with Crippen LogP contribution in [0.3, 0.4) is 0 Å². The van der Waals surface area contributed by atoms with Crippen molar-refractivity contribution in [2.45, 2.75) is 25.8 Å². The van der Waals surface area contributed by atoms with Gasteiger partial charge in [0.05, 0.1) is 35.8 Å². The monoisotopic (exact) mass is 566 g/mol. The number of hydrogen-bond acceptors (Lipinski definition) is 7. The van der Waals surface area contributed by atoms with Crippen molar-refractivity contribution in [2.24, 2.45) is 0 Å². The first-order chi connectivity index (χ1) is 19.9. The zero-order valence-corrected chi connectivity index (χ0v) is 23.9. The summed E-state index contributed by atoms with van der Waals surface area (Å²) in [4.78, 5) is 30.9. The van der Waals surface area contributed by atoms with Crippen LogP contribution in [0.25, 0.3) is 11.1 Å². The van der Waals surface area contributed by atoms with Gasteiger partial charge in [-0.1, -0.05) is 42.1 Å². The summed E-state index contributed by atoms with van der Waals surface area (Å²) in [6.07, 6.45) is 0. The maximum atomic E-state index is 13.5. The Bertz CT molecular complexity index is 1550. The first-order valence-corrected chi connectivity index (χ1v) is 14.1. The molecule has 4 rings (SSSR count). The Morgan fingerprint density at radius 3 is 2.02 bits per heavy atom. The second-order valence-corrected chi connectivity index (χ2v) is 9.77. The Morgan fingerprint density at radius 1 is 0.854 bits per heavy atom. The average molecular weight is 567 g/mol. The van der Waals surface area contributed by atoms with Crippen LogP contribution in [0.15, 0.2) is 83.9 Å². The van der Waals surface area contributed by atoms with Crippen molar-refractivity contribution in [3.8, 4) is 28.7 Å². The van der Waals surface area contributed by atoms with Gasteiger partial charge in [-0.15, -0.1) is 0 Å². The van der Waals surface area contributed by atoms with E-state index >= 15 is 0 Å². The largest absolute Gasteiger partial charge is 0.494 e. The van der Waals surface area contributed by atoms with Crippen molar-refractivity contribution >= 4 is 35.0 Å². The molecule has 1 aromatic heterocycles. The number of benzene rings is 3. The number of hydrogen-bond donors (Lipinski definition) is 2. The number of ether oxygens (including phenoxy) is 2. The number of para-hydroxylation sites is 1. The Morgan fingerprint density at radius 2 is 1.44 bits per heavy atom. The van der Waals surface area contributed by atoms with E-state index in [-0.39, 0.29) is 28.7 Å². The quantitative estimate of drug-likeness (QED) is 0.194. The molecule has 41 heavy (non-hydrogen) atoms. The van der Waals surface area contributed by atoms with E-state index < -0.39 is 0 Å². The van der Waals surface area contributed by atoms with E-state index in [0.29, 0.717) is 52.2 Å². The smallest absolute Gasteiger partial charge is 0.258 e. The fourth-order valence-electron chi connectivity index (χ4n) is 4.18. The maximum Gasteiger partial charge on any atom is 0.258 e. The molecule has 2 amide bonds. The van der Waals surface area contributed by atoms with Gasteiger partial charge in [0.2, 0.25) is 5.91 Å². The molecular weight excluding hydrogens is 536 g/mol. The predicted octanol–water partition coefficient (Wildman–Crippen LogP) is 6.71. The van der Waals surface area contributed by atoms with Gasteiger partial charge in [-0.25, -0.2) is 4.98 Å². The molecule has 0 aliphatic rings. The summed E-state index contributed by atoms with van der Waals surface area (Å²) in [5.74, 6) is 0.780. The Hall–Kier alpha value is -4.81. The third-order valence-electron chi connectivity index (χ3n) is 5.96. The van der Waals surface area contributed by atoms with Crippen LogP contribution in [0, 0.1) is 18.3 Å². The molecule has 0 aliphatic heterocycles. The number of nitriles is 1. The molecule has 4 aromatic rings. The van der Waals surface area contributed by atoms with Crippen molar-refractivity contribution in [1.29, 1.82) is 5.26 Å². The standard InChI is InChI=1S/C32H30N4O4S/c1-4-39-25-15-11-22(12-16-25)30-27(19-33)32(34-21(3)29(30)31(38)36-23-9-7-6-8-10-23)41-20-28(37)35-24-13-17-26(18-14-24)40-5-2/h6-18H,4-5,20H2,1-3H3,(H,35,37)(H,36,38). The van der Waals surface area contributed by atoms with E-state index in [1.807, 2.05) is 44.2 Å². The van der Waals surface area contributed by atoms with Crippen molar-refractivity contribution in [1.82, 2.24) is 4.98 Å². The van der Waals surface area contributed by atoms with Crippen LogP contribution in [0.1, 0.15) is 35.5 Å². The molecule has 0 saturated carbocycles. The van der Waals surface area contributed by atoms with E-state index in [4.69, 9.17) is 9.47 Å². The number of rotatable bonds is 11.